The number of piperidine rings is 1. The molecule has 1 aliphatic heterocycles. The number of halogens is 1. The SMILES string of the molecule is CNCC1CCN(c2nc[nH]c(=O)c2Br)CC1. The topological polar surface area (TPSA) is 61.0 Å². The smallest absolute Gasteiger partial charge is 0.267 e. The Balaban J connectivity index is 2.05. The summed E-state index contributed by atoms with van der Waals surface area (Å²) in [5, 5.41) is 3.21. The Bertz CT molecular complexity index is 426. The fraction of sp³-hybridized carbons (Fsp3) is 0.636. The van der Waals surface area contributed by atoms with E-state index in [4.69, 9.17) is 0 Å². The van der Waals surface area contributed by atoms with Gasteiger partial charge in [0.1, 0.15) is 10.3 Å². The Labute approximate surface area is 109 Å². The van der Waals surface area contributed by atoms with E-state index in [-0.39, 0.29) is 5.56 Å². The fourth-order valence-electron chi connectivity index (χ4n) is 2.23. The molecular weight excluding hydrogens is 284 g/mol. The standard InChI is InChI=1S/C11H17BrN4O/c1-13-6-8-2-4-16(5-3-8)10-9(12)11(17)15-7-14-10/h7-8,13H,2-6H2,1H3,(H,14,15,17). The molecule has 0 unspecified atom stereocenters. The maximum Gasteiger partial charge on any atom is 0.267 e. The predicted molar refractivity (Wildman–Crippen MR) is 71.4 cm³/mol. The van der Waals surface area contributed by atoms with Gasteiger partial charge in [0.15, 0.2) is 0 Å². The monoisotopic (exact) mass is 300 g/mol. The van der Waals surface area contributed by atoms with Crippen molar-refractivity contribution in [3.63, 3.8) is 0 Å². The molecule has 94 valence electrons. The summed E-state index contributed by atoms with van der Waals surface area (Å²) < 4.78 is 0.534. The van der Waals surface area contributed by atoms with Crippen LogP contribution in [0.3, 0.4) is 0 Å². The van der Waals surface area contributed by atoms with Crippen LogP contribution in [0, 0.1) is 5.92 Å². The maximum absolute atomic E-state index is 11.5. The van der Waals surface area contributed by atoms with Gasteiger partial charge in [-0.3, -0.25) is 4.79 Å². The predicted octanol–water partition coefficient (Wildman–Crippen LogP) is 0.968. The summed E-state index contributed by atoms with van der Waals surface area (Å²) in [5.74, 6) is 1.49. The molecule has 0 bridgehead atoms. The van der Waals surface area contributed by atoms with Crippen LogP contribution in [0.5, 0.6) is 0 Å². The van der Waals surface area contributed by atoms with Crippen molar-refractivity contribution in [3.8, 4) is 0 Å². The van der Waals surface area contributed by atoms with Gasteiger partial charge in [-0.2, -0.15) is 0 Å². The highest BCUT2D eigenvalue weighted by molar-refractivity contribution is 9.10. The van der Waals surface area contributed by atoms with Gasteiger partial charge in [0.2, 0.25) is 0 Å². The van der Waals surface area contributed by atoms with E-state index in [9.17, 15) is 4.79 Å². The lowest BCUT2D eigenvalue weighted by atomic mass is 9.97. The van der Waals surface area contributed by atoms with Crippen molar-refractivity contribution in [2.75, 3.05) is 31.6 Å². The van der Waals surface area contributed by atoms with Gasteiger partial charge in [0, 0.05) is 13.1 Å². The lowest BCUT2D eigenvalue weighted by Crippen LogP contribution is -2.38. The third kappa shape index (κ3) is 2.87. The summed E-state index contributed by atoms with van der Waals surface area (Å²) in [6.45, 7) is 2.99. The lowest BCUT2D eigenvalue weighted by molar-refractivity contribution is 0.392. The van der Waals surface area contributed by atoms with Crippen LogP contribution in [-0.4, -0.2) is 36.6 Å². The minimum atomic E-state index is -0.118. The molecule has 2 N–H and O–H groups in total. The number of hydrogen-bond donors (Lipinski definition) is 2. The maximum atomic E-state index is 11.5. The molecule has 5 nitrogen and oxygen atoms in total. The second-order valence-corrected chi connectivity index (χ2v) is 5.15. The van der Waals surface area contributed by atoms with Crippen LogP contribution >= 0.6 is 15.9 Å². The van der Waals surface area contributed by atoms with Crippen molar-refractivity contribution in [2.45, 2.75) is 12.8 Å². The Kier molecular flexibility index (Phi) is 4.17. The zero-order valence-electron chi connectivity index (χ0n) is 9.87. The van der Waals surface area contributed by atoms with Crippen LogP contribution in [0.2, 0.25) is 0 Å². The molecule has 1 aromatic rings. The first-order valence-corrected chi connectivity index (χ1v) is 6.64. The van der Waals surface area contributed by atoms with Crippen molar-refractivity contribution in [1.82, 2.24) is 15.3 Å². The van der Waals surface area contributed by atoms with E-state index in [1.165, 1.54) is 6.33 Å². The number of H-pyrrole nitrogens is 1. The number of aromatic amines is 1. The highest BCUT2D eigenvalue weighted by Crippen LogP contribution is 2.24. The van der Waals surface area contributed by atoms with Crippen LogP contribution in [0.25, 0.3) is 0 Å². The van der Waals surface area contributed by atoms with Crippen molar-refractivity contribution in [3.05, 3.63) is 21.2 Å². The second-order valence-electron chi connectivity index (χ2n) is 4.36. The third-order valence-electron chi connectivity index (χ3n) is 3.19. The molecule has 0 radical (unpaired) electrons. The van der Waals surface area contributed by atoms with E-state index in [0.29, 0.717) is 4.47 Å². The van der Waals surface area contributed by atoms with Gasteiger partial charge in [-0.1, -0.05) is 0 Å². The summed E-state index contributed by atoms with van der Waals surface area (Å²) in [6, 6.07) is 0. The first kappa shape index (κ1) is 12.6. The van der Waals surface area contributed by atoms with E-state index in [1.54, 1.807) is 0 Å². The first-order chi connectivity index (χ1) is 8.22. The molecule has 0 saturated carbocycles. The Morgan fingerprint density at radius 2 is 2.29 bits per heavy atom. The third-order valence-corrected chi connectivity index (χ3v) is 3.90. The molecule has 0 atom stereocenters. The lowest BCUT2D eigenvalue weighted by Gasteiger charge is -2.32. The molecule has 1 aliphatic rings. The van der Waals surface area contributed by atoms with Gasteiger partial charge in [-0.25, -0.2) is 4.98 Å². The minimum absolute atomic E-state index is 0.118. The molecule has 2 heterocycles. The normalized spacial score (nSPS) is 17.4. The summed E-state index contributed by atoms with van der Waals surface area (Å²) >= 11 is 3.30. The molecule has 1 saturated heterocycles. The van der Waals surface area contributed by atoms with Crippen LogP contribution in [0.4, 0.5) is 5.82 Å². The molecule has 1 fully saturated rings. The highest BCUT2D eigenvalue weighted by Gasteiger charge is 2.21. The molecular formula is C11H17BrN4O. The Morgan fingerprint density at radius 3 is 2.94 bits per heavy atom. The Hall–Kier alpha value is -0.880. The van der Waals surface area contributed by atoms with E-state index in [1.807, 2.05) is 7.05 Å². The van der Waals surface area contributed by atoms with E-state index < -0.39 is 0 Å². The minimum Gasteiger partial charge on any atom is -0.355 e. The first-order valence-electron chi connectivity index (χ1n) is 5.85. The molecule has 6 heteroatoms. The highest BCUT2D eigenvalue weighted by atomic mass is 79.9. The van der Waals surface area contributed by atoms with Crippen molar-refractivity contribution < 1.29 is 0 Å². The molecule has 0 amide bonds. The van der Waals surface area contributed by atoms with Crippen molar-refractivity contribution in [1.29, 1.82) is 0 Å². The Morgan fingerprint density at radius 1 is 1.59 bits per heavy atom. The zero-order valence-corrected chi connectivity index (χ0v) is 11.5. The van der Waals surface area contributed by atoms with Gasteiger partial charge in [0.05, 0.1) is 6.33 Å². The average Bonchev–Trinajstić information content (AvgIpc) is 2.34. The summed E-state index contributed by atoms with van der Waals surface area (Å²) in [5.41, 5.74) is -0.118. The summed E-state index contributed by atoms with van der Waals surface area (Å²) in [4.78, 5) is 20.4. The molecule has 17 heavy (non-hydrogen) atoms. The van der Waals surface area contributed by atoms with Gasteiger partial charge in [-0.15, -0.1) is 0 Å². The number of rotatable bonds is 3. The number of anilines is 1. The largest absolute Gasteiger partial charge is 0.355 e. The van der Waals surface area contributed by atoms with Crippen LogP contribution < -0.4 is 15.8 Å². The molecule has 2 rings (SSSR count). The number of aromatic nitrogens is 2. The van der Waals surface area contributed by atoms with E-state index in [2.05, 4.69) is 36.1 Å². The van der Waals surface area contributed by atoms with Crippen LogP contribution in [0.1, 0.15) is 12.8 Å². The zero-order chi connectivity index (χ0) is 12.3. The molecule has 1 aromatic heterocycles. The van der Waals surface area contributed by atoms with Gasteiger partial charge in [-0.05, 0) is 48.3 Å². The van der Waals surface area contributed by atoms with Crippen LogP contribution in [-0.2, 0) is 0 Å². The van der Waals surface area contributed by atoms with Gasteiger partial charge in [0.25, 0.3) is 5.56 Å². The average molecular weight is 301 g/mol. The number of nitrogens with one attached hydrogen (secondary N) is 2. The fourth-order valence-corrected chi connectivity index (χ4v) is 2.70. The number of hydrogen-bond acceptors (Lipinski definition) is 4. The van der Waals surface area contributed by atoms with Crippen molar-refractivity contribution in [2.24, 2.45) is 5.92 Å². The van der Waals surface area contributed by atoms with Gasteiger partial charge < -0.3 is 15.2 Å². The van der Waals surface area contributed by atoms with E-state index >= 15 is 0 Å². The van der Waals surface area contributed by atoms with E-state index in [0.717, 1.165) is 44.2 Å². The van der Waals surface area contributed by atoms with Crippen LogP contribution in [0.15, 0.2) is 15.6 Å². The number of nitrogens with zero attached hydrogens (tertiary/aromatic N) is 2. The second kappa shape index (κ2) is 5.64. The summed E-state index contributed by atoms with van der Waals surface area (Å²) in [6.07, 6.45) is 3.74. The van der Waals surface area contributed by atoms with Gasteiger partial charge >= 0.3 is 0 Å². The quantitative estimate of drug-likeness (QED) is 0.873. The molecule has 0 aromatic carbocycles. The van der Waals surface area contributed by atoms with Crippen molar-refractivity contribution >= 4 is 21.7 Å². The molecule has 0 spiro atoms. The summed E-state index contributed by atoms with van der Waals surface area (Å²) in [7, 11) is 1.99. The molecule has 0 aliphatic carbocycles.